The number of hydrogen-bond donors (Lipinski definition) is 2. The van der Waals surface area contributed by atoms with Gasteiger partial charge in [-0.25, -0.2) is 4.79 Å². The standard InChI is InChI=1S/C10H10Br2O3.C10H8Br2O3/c2*1-15-9(13)3-2-6-4-7(11)10(14)8(12)5-6/h4-5,14H,2-3H2,1H3;2-5,14H,1H3. The number of rotatable bonds is 5. The number of benzene rings is 2. The molecule has 0 atom stereocenters. The number of esters is 2. The van der Waals surface area contributed by atoms with Crippen molar-refractivity contribution in [3.63, 3.8) is 0 Å². The smallest absolute Gasteiger partial charge is 0.330 e. The zero-order valence-electron chi connectivity index (χ0n) is 15.9. The van der Waals surface area contributed by atoms with E-state index in [9.17, 15) is 19.8 Å². The summed E-state index contributed by atoms with van der Waals surface area (Å²) in [5, 5.41) is 18.9. The van der Waals surface area contributed by atoms with Crippen LogP contribution in [0.5, 0.6) is 11.5 Å². The molecule has 6 nitrogen and oxygen atoms in total. The number of ether oxygens (including phenoxy) is 2. The Morgan fingerprint density at radius 1 is 0.867 bits per heavy atom. The number of carbonyl (C=O) groups excluding carboxylic acids is 2. The molecule has 2 rings (SSSR count). The van der Waals surface area contributed by atoms with Gasteiger partial charge in [0.05, 0.1) is 32.1 Å². The SMILES string of the molecule is COC(=O)C=Cc1cc(Br)c(O)c(Br)c1.COC(=O)CCc1cc(Br)c(O)c(Br)c1. The van der Waals surface area contributed by atoms with Crippen LogP contribution in [0.25, 0.3) is 6.08 Å². The minimum absolute atomic E-state index is 0.130. The van der Waals surface area contributed by atoms with Crippen LogP contribution in [0.4, 0.5) is 0 Å². The number of hydrogen-bond acceptors (Lipinski definition) is 6. The Hall–Kier alpha value is -1.36. The molecule has 0 aliphatic heterocycles. The molecule has 2 N–H and O–H groups in total. The lowest BCUT2D eigenvalue weighted by Crippen LogP contribution is -2.01. The van der Waals surface area contributed by atoms with Crippen molar-refractivity contribution in [2.75, 3.05) is 14.2 Å². The summed E-state index contributed by atoms with van der Waals surface area (Å²) in [6.45, 7) is 0. The lowest BCUT2D eigenvalue weighted by molar-refractivity contribution is -0.140. The molecule has 2 aromatic rings. The summed E-state index contributed by atoms with van der Waals surface area (Å²) in [4.78, 5) is 21.8. The zero-order valence-corrected chi connectivity index (χ0v) is 22.3. The number of phenolic OH excluding ortho intramolecular Hbond substituents is 2. The van der Waals surface area contributed by atoms with Crippen molar-refractivity contribution in [1.82, 2.24) is 0 Å². The highest BCUT2D eigenvalue weighted by molar-refractivity contribution is 9.11. The fourth-order valence-corrected chi connectivity index (χ4v) is 4.53. The molecule has 0 aromatic heterocycles. The Morgan fingerprint density at radius 2 is 1.33 bits per heavy atom. The Morgan fingerprint density at radius 3 is 1.77 bits per heavy atom. The normalized spacial score (nSPS) is 10.3. The van der Waals surface area contributed by atoms with Crippen LogP contribution in [0.2, 0.25) is 0 Å². The Balaban J connectivity index is 0.000000300. The molecule has 0 aliphatic carbocycles. The molecule has 30 heavy (non-hydrogen) atoms. The molecule has 0 fully saturated rings. The number of phenols is 2. The van der Waals surface area contributed by atoms with Crippen molar-refractivity contribution in [2.24, 2.45) is 0 Å². The summed E-state index contributed by atoms with van der Waals surface area (Å²) in [6.07, 6.45) is 3.83. The number of halogens is 4. The molecule has 0 spiro atoms. The second-order valence-electron chi connectivity index (χ2n) is 5.67. The fraction of sp³-hybridized carbons (Fsp3) is 0.200. The van der Waals surface area contributed by atoms with Gasteiger partial charge in [0.25, 0.3) is 0 Å². The van der Waals surface area contributed by atoms with E-state index in [1.54, 1.807) is 30.3 Å². The largest absolute Gasteiger partial charge is 0.506 e. The Kier molecular flexibility index (Phi) is 11.7. The zero-order chi connectivity index (χ0) is 22.8. The van der Waals surface area contributed by atoms with Gasteiger partial charge in [-0.1, -0.05) is 0 Å². The van der Waals surface area contributed by atoms with Gasteiger partial charge in [-0.2, -0.15) is 0 Å². The topological polar surface area (TPSA) is 93.1 Å². The summed E-state index contributed by atoms with van der Waals surface area (Å²) in [6, 6.07) is 6.95. The van der Waals surface area contributed by atoms with Gasteiger partial charge in [-0.3, -0.25) is 4.79 Å². The van der Waals surface area contributed by atoms with Crippen LogP contribution in [0.3, 0.4) is 0 Å². The molecule has 10 heteroatoms. The van der Waals surface area contributed by atoms with Gasteiger partial charge in [0.2, 0.25) is 0 Å². The highest BCUT2D eigenvalue weighted by Gasteiger charge is 2.08. The highest BCUT2D eigenvalue weighted by Crippen LogP contribution is 2.34. The summed E-state index contributed by atoms with van der Waals surface area (Å²) < 4.78 is 11.3. The molecule has 162 valence electrons. The van der Waals surface area contributed by atoms with Gasteiger partial charge >= 0.3 is 11.9 Å². The number of methoxy groups -OCH3 is 2. The van der Waals surface area contributed by atoms with Crippen molar-refractivity contribution >= 4 is 81.7 Å². The van der Waals surface area contributed by atoms with Crippen LogP contribution in [-0.4, -0.2) is 36.4 Å². The van der Waals surface area contributed by atoms with Gasteiger partial charge < -0.3 is 19.7 Å². The van der Waals surface area contributed by atoms with Crippen molar-refractivity contribution in [1.29, 1.82) is 0 Å². The summed E-state index contributed by atoms with van der Waals surface area (Å²) in [5.41, 5.74) is 1.73. The average Bonchev–Trinajstić information content (AvgIpc) is 2.72. The molecule has 0 radical (unpaired) electrons. The Bertz CT molecular complexity index is 897. The first-order valence-electron chi connectivity index (χ1n) is 8.26. The van der Waals surface area contributed by atoms with Gasteiger partial charge in [0.1, 0.15) is 11.5 Å². The first-order valence-corrected chi connectivity index (χ1v) is 11.4. The molecular formula is C20H18Br4O6. The van der Waals surface area contributed by atoms with E-state index in [1.807, 2.05) is 0 Å². The summed E-state index contributed by atoms with van der Waals surface area (Å²) in [5.74, 6) is -0.368. The lowest BCUT2D eigenvalue weighted by atomic mass is 10.1. The second-order valence-corrected chi connectivity index (χ2v) is 9.09. The summed E-state index contributed by atoms with van der Waals surface area (Å²) in [7, 11) is 2.68. The van der Waals surface area contributed by atoms with E-state index in [-0.39, 0.29) is 17.5 Å². The molecule has 0 saturated carbocycles. The van der Waals surface area contributed by atoms with E-state index in [2.05, 4.69) is 73.2 Å². The number of aromatic hydroxyl groups is 2. The predicted octanol–water partition coefficient (Wildman–Crippen LogP) is 6.13. The van der Waals surface area contributed by atoms with Crippen LogP contribution in [-0.2, 0) is 25.5 Å². The van der Waals surface area contributed by atoms with E-state index >= 15 is 0 Å². The quantitative estimate of drug-likeness (QED) is 0.293. The van der Waals surface area contributed by atoms with E-state index < -0.39 is 5.97 Å². The van der Waals surface area contributed by atoms with Crippen molar-refractivity contribution < 1.29 is 29.3 Å². The van der Waals surface area contributed by atoms with E-state index in [1.165, 1.54) is 20.3 Å². The third kappa shape index (κ3) is 8.79. The molecule has 0 aliphatic rings. The predicted molar refractivity (Wildman–Crippen MR) is 128 cm³/mol. The van der Waals surface area contributed by atoms with Gasteiger partial charge in [-0.05, 0) is 112 Å². The van der Waals surface area contributed by atoms with Gasteiger partial charge in [0, 0.05) is 12.5 Å². The van der Waals surface area contributed by atoms with Crippen LogP contribution in [0, 0.1) is 0 Å². The highest BCUT2D eigenvalue weighted by atomic mass is 79.9. The van der Waals surface area contributed by atoms with Crippen molar-refractivity contribution in [3.8, 4) is 11.5 Å². The van der Waals surface area contributed by atoms with Crippen LogP contribution in [0.15, 0.2) is 48.2 Å². The van der Waals surface area contributed by atoms with Gasteiger partial charge in [0.15, 0.2) is 0 Å². The Labute approximate surface area is 207 Å². The molecule has 0 saturated heterocycles. The second kappa shape index (κ2) is 13.1. The van der Waals surface area contributed by atoms with Crippen LogP contribution in [0.1, 0.15) is 17.5 Å². The lowest BCUT2D eigenvalue weighted by Gasteiger charge is -2.05. The molecule has 0 heterocycles. The van der Waals surface area contributed by atoms with Crippen LogP contribution >= 0.6 is 63.7 Å². The first kappa shape index (κ1) is 26.7. The summed E-state index contributed by atoms with van der Waals surface area (Å²) >= 11 is 12.8. The van der Waals surface area contributed by atoms with Crippen LogP contribution < -0.4 is 0 Å². The molecular weight excluding hydrogens is 656 g/mol. The fourth-order valence-electron chi connectivity index (χ4n) is 2.02. The van der Waals surface area contributed by atoms with Crippen molar-refractivity contribution in [2.45, 2.75) is 12.8 Å². The molecule has 0 amide bonds. The third-order valence-electron chi connectivity index (χ3n) is 3.57. The van der Waals surface area contributed by atoms with Gasteiger partial charge in [-0.15, -0.1) is 0 Å². The minimum atomic E-state index is -0.421. The molecule has 0 bridgehead atoms. The number of carbonyl (C=O) groups is 2. The number of aryl methyl sites for hydroxylation is 1. The monoisotopic (exact) mass is 670 g/mol. The average molecular weight is 674 g/mol. The minimum Gasteiger partial charge on any atom is -0.506 e. The maximum atomic E-state index is 10.9. The molecule has 2 aromatic carbocycles. The van der Waals surface area contributed by atoms with E-state index in [4.69, 9.17) is 0 Å². The maximum absolute atomic E-state index is 10.9. The third-order valence-corrected chi connectivity index (χ3v) is 5.99. The van der Waals surface area contributed by atoms with E-state index in [0.717, 1.165) is 11.1 Å². The van der Waals surface area contributed by atoms with Crippen molar-refractivity contribution in [3.05, 3.63) is 59.4 Å². The van der Waals surface area contributed by atoms with E-state index in [0.29, 0.717) is 30.7 Å². The first-order chi connectivity index (χ1) is 14.1. The maximum Gasteiger partial charge on any atom is 0.330 e. The molecule has 0 unspecified atom stereocenters.